The highest BCUT2D eigenvalue weighted by atomic mass is 19.4. The van der Waals surface area contributed by atoms with E-state index in [0.717, 1.165) is 12.1 Å². The van der Waals surface area contributed by atoms with Gasteiger partial charge in [-0.1, -0.05) is 6.08 Å². The molecule has 0 amide bonds. The number of rotatable bonds is 8. The van der Waals surface area contributed by atoms with Crippen LogP contribution in [0.4, 0.5) is 35.1 Å². The van der Waals surface area contributed by atoms with Crippen LogP contribution in [0.2, 0.25) is 0 Å². The third-order valence-corrected chi connectivity index (χ3v) is 5.16. The van der Waals surface area contributed by atoms with Crippen LogP contribution in [-0.2, 0) is 10.8 Å². The first-order valence-corrected chi connectivity index (χ1v) is 10.3. The maximum Gasteiger partial charge on any atom is 0.573 e. The van der Waals surface area contributed by atoms with Gasteiger partial charge in [-0.15, -0.1) is 13.2 Å². The number of hydrogen-bond acceptors (Lipinski definition) is 3. The fraction of sp³-hybridized carbons (Fsp3) is 0.391. The zero-order chi connectivity index (χ0) is 25.1. The van der Waals surface area contributed by atoms with Crippen LogP contribution >= 0.6 is 0 Å². The average molecular weight is 496 g/mol. The smallest absolute Gasteiger partial charge is 0.429 e. The van der Waals surface area contributed by atoms with E-state index in [4.69, 9.17) is 4.74 Å². The van der Waals surface area contributed by atoms with Crippen LogP contribution in [0.3, 0.4) is 0 Å². The van der Waals surface area contributed by atoms with Gasteiger partial charge in [0.25, 0.3) is 0 Å². The van der Waals surface area contributed by atoms with Gasteiger partial charge < -0.3 is 14.2 Å². The minimum atomic E-state index is -5.21. The summed E-state index contributed by atoms with van der Waals surface area (Å²) < 4.78 is 122. The van der Waals surface area contributed by atoms with E-state index in [1.54, 1.807) is 6.08 Å². The monoisotopic (exact) mass is 496 g/mol. The van der Waals surface area contributed by atoms with Crippen molar-refractivity contribution in [2.75, 3.05) is 13.2 Å². The van der Waals surface area contributed by atoms with Crippen LogP contribution in [-0.4, -0.2) is 19.6 Å². The van der Waals surface area contributed by atoms with E-state index < -0.39 is 47.0 Å². The Kier molecular flexibility index (Phi) is 7.74. The summed E-state index contributed by atoms with van der Waals surface area (Å²) >= 11 is 0. The van der Waals surface area contributed by atoms with Crippen LogP contribution in [0.1, 0.15) is 37.3 Å². The molecular formula is C23H20F8O3. The molecule has 1 aliphatic carbocycles. The Balaban J connectivity index is 1.79. The molecule has 2 aromatic carbocycles. The molecule has 3 nitrogen and oxygen atoms in total. The summed E-state index contributed by atoms with van der Waals surface area (Å²) in [5, 5.41) is 0. The molecule has 186 valence electrons. The number of allylic oxidation sites excluding steroid dienone is 2. The molecule has 0 fully saturated rings. The Morgan fingerprint density at radius 1 is 0.912 bits per heavy atom. The third-order valence-electron chi connectivity index (χ3n) is 5.16. The first kappa shape index (κ1) is 25.8. The van der Waals surface area contributed by atoms with E-state index >= 15 is 0 Å². The predicted molar refractivity (Wildman–Crippen MR) is 106 cm³/mol. The molecule has 0 bridgehead atoms. The number of halogens is 8. The molecule has 11 heteroatoms. The van der Waals surface area contributed by atoms with Gasteiger partial charge in [0.1, 0.15) is 22.9 Å². The van der Waals surface area contributed by atoms with Crippen molar-refractivity contribution < 1.29 is 49.3 Å². The molecule has 1 atom stereocenters. The highest BCUT2D eigenvalue weighted by Crippen LogP contribution is 2.39. The summed E-state index contributed by atoms with van der Waals surface area (Å²) in [4.78, 5) is 0. The Hall–Kier alpha value is -2.82. The van der Waals surface area contributed by atoms with Crippen molar-refractivity contribution in [3.63, 3.8) is 0 Å². The van der Waals surface area contributed by atoms with Crippen LogP contribution < -0.4 is 9.47 Å². The summed E-state index contributed by atoms with van der Waals surface area (Å²) in [7, 11) is 0. The van der Waals surface area contributed by atoms with Crippen molar-refractivity contribution in [2.24, 2.45) is 5.92 Å². The molecule has 0 saturated carbocycles. The lowest BCUT2D eigenvalue weighted by Gasteiger charge is -2.23. The van der Waals surface area contributed by atoms with E-state index in [1.165, 1.54) is 0 Å². The van der Waals surface area contributed by atoms with Gasteiger partial charge in [-0.25, -0.2) is 13.2 Å². The summed E-state index contributed by atoms with van der Waals surface area (Å²) in [5.41, 5.74) is -1.01. The second kappa shape index (κ2) is 10.2. The Labute approximate surface area is 189 Å². The molecule has 0 aromatic heterocycles. The molecule has 0 heterocycles. The molecule has 0 radical (unpaired) electrons. The number of ether oxygens (including phenoxy) is 3. The SMILES string of the molecule is CCOCC1CC=C(c2cc(F)c(C(F)(F)Oc3ccc(OC(F)(F)F)c(F)c3)c(F)c2)CC1. The molecule has 1 unspecified atom stereocenters. The molecule has 2 aromatic rings. The standard InChI is InChI=1S/C23H20F8O3/c1-2-32-12-13-3-5-14(6-4-13)15-9-18(25)21(19(26)10-15)22(27,28)33-16-7-8-20(17(24)11-16)34-23(29,30)31/h5,7-11,13H,2-4,6,12H2,1H3. The zero-order valence-corrected chi connectivity index (χ0v) is 17.8. The fourth-order valence-electron chi connectivity index (χ4n) is 3.57. The van der Waals surface area contributed by atoms with Crippen LogP contribution in [0, 0.1) is 23.4 Å². The summed E-state index contributed by atoms with van der Waals surface area (Å²) in [5.74, 6) is -6.83. The molecule has 0 spiro atoms. The lowest BCUT2D eigenvalue weighted by molar-refractivity contribution is -0.275. The fourth-order valence-corrected chi connectivity index (χ4v) is 3.57. The predicted octanol–water partition coefficient (Wildman–Crippen LogP) is 7.35. The maximum atomic E-state index is 14.6. The largest absolute Gasteiger partial charge is 0.573 e. The number of benzene rings is 2. The normalized spacial score (nSPS) is 16.9. The van der Waals surface area contributed by atoms with Gasteiger partial charge in [0.15, 0.2) is 11.6 Å². The van der Waals surface area contributed by atoms with Gasteiger partial charge in [-0.3, -0.25) is 0 Å². The van der Waals surface area contributed by atoms with Crippen LogP contribution in [0.5, 0.6) is 11.5 Å². The van der Waals surface area contributed by atoms with Crippen molar-refractivity contribution in [3.8, 4) is 11.5 Å². The van der Waals surface area contributed by atoms with E-state index in [-0.39, 0.29) is 17.5 Å². The van der Waals surface area contributed by atoms with Crippen LogP contribution in [0.25, 0.3) is 5.57 Å². The molecular weight excluding hydrogens is 476 g/mol. The first-order valence-electron chi connectivity index (χ1n) is 10.3. The lowest BCUT2D eigenvalue weighted by atomic mass is 9.86. The minimum absolute atomic E-state index is 0.101. The van der Waals surface area contributed by atoms with Crippen molar-refractivity contribution >= 4 is 5.57 Å². The average Bonchev–Trinajstić information content (AvgIpc) is 2.72. The van der Waals surface area contributed by atoms with Gasteiger partial charge in [0.05, 0.1) is 0 Å². The van der Waals surface area contributed by atoms with E-state index in [2.05, 4.69) is 9.47 Å². The van der Waals surface area contributed by atoms with E-state index in [0.29, 0.717) is 50.2 Å². The summed E-state index contributed by atoms with van der Waals surface area (Å²) in [6.07, 6.45) is -6.22. The van der Waals surface area contributed by atoms with Gasteiger partial charge in [0.2, 0.25) is 0 Å². The summed E-state index contributed by atoms with van der Waals surface area (Å²) in [6.45, 7) is 2.99. The number of alkyl halides is 5. The van der Waals surface area contributed by atoms with Crippen molar-refractivity contribution in [1.29, 1.82) is 0 Å². The van der Waals surface area contributed by atoms with Gasteiger partial charge in [-0.05, 0) is 67.5 Å². The third kappa shape index (κ3) is 6.40. The molecule has 1 aliphatic rings. The highest BCUT2D eigenvalue weighted by Gasteiger charge is 2.41. The Morgan fingerprint density at radius 2 is 1.59 bits per heavy atom. The molecule has 0 saturated heterocycles. The Bertz CT molecular complexity index is 1030. The molecule has 0 aliphatic heterocycles. The second-order valence-corrected chi connectivity index (χ2v) is 7.60. The zero-order valence-electron chi connectivity index (χ0n) is 17.8. The highest BCUT2D eigenvalue weighted by molar-refractivity contribution is 5.66. The maximum absolute atomic E-state index is 14.6. The molecule has 34 heavy (non-hydrogen) atoms. The van der Waals surface area contributed by atoms with Gasteiger partial charge in [0, 0.05) is 19.3 Å². The van der Waals surface area contributed by atoms with Crippen molar-refractivity contribution in [2.45, 2.75) is 38.7 Å². The Morgan fingerprint density at radius 3 is 2.12 bits per heavy atom. The van der Waals surface area contributed by atoms with Gasteiger partial charge >= 0.3 is 12.5 Å². The molecule has 0 N–H and O–H groups in total. The van der Waals surface area contributed by atoms with Gasteiger partial charge in [-0.2, -0.15) is 8.78 Å². The van der Waals surface area contributed by atoms with Crippen LogP contribution in [0.15, 0.2) is 36.4 Å². The quantitative estimate of drug-likeness (QED) is 0.358. The lowest BCUT2D eigenvalue weighted by Crippen LogP contribution is -2.25. The topological polar surface area (TPSA) is 27.7 Å². The van der Waals surface area contributed by atoms with E-state index in [9.17, 15) is 35.1 Å². The van der Waals surface area contributed by atoms with E-state index in [1.807, 2.05) is 6.92 Å². The molecule has 3 rings (SSSR count). The second-order valence-electron chi connectivity index (χ2n) is 7.60. The minimum Gasteiger partial charge on any atom is -0.429 e. The van der Waals surface area contributed by atoms with Crippen molar-refractivity contribution in [1.82, 2.24) is 0 Å². The summed E-state index contributed by atoms with van der Waals surface area (Å²) in [6, 6.07) is 2.65. The number of hydrogen-bond donors (Lipinski definition) is 0. The van der Waals surface area contributed by atoms with Crippen molar-refractivity contribution in [3.05, 3.63) is 65.0 Å². The first-order chi connectivity index (χ1) is 15.9.